The van der Waals surface area contributed by atoms with Crippen LogP contribution in [0.3, 0.4) is 0 Å². The number of carbonyl (C=O) groups excluding carboxylic acids is 4. The van der Waals surface area contributed by atoms with Gasteiger partial charge >= 0.3 is 0 Å². The van der Waals surface area contributed by atoms with E-state index in [1.54, 1.807) is 6.08 Å². The van der Waals surface area contributed by atoms with Gasteiger partial charge in [0, 0.05) is 30.7 Å². The van der Waals surface area contributed by atoms with Crippen LogP contribution in [-0.2, 0) is 19.2 Å². The Morgan fingerprint density at radius 2 is 1.71 bits per heavy atom. The number of fused-ring (bicyclic) bond motifs is 4. The van der Waals surface area contributed by atoms with Crippen molar-refractivity contribution in [2.24, 2.45) is 17.8 Å². The van der Waals surface area contributed by atoms with E-state index in [0.29, 0.717) is 11.3 Å². The third kappa shape index (κ3) is 3.45. The van der Waals surface area contributed by atoms with Gasteiger partial charge in [-0.3, -0.25) is 39.1 Å². The van der Waals surface area contributed by atoms with Crippen LogP contribution in [-0.4, -0.2) is 62.5 Å². The minimum atomic E-state index is -2.04. The summed E-state index contributed by atoms with van der Waals surface area (Å²) in [5, 5.41) is 22.1. The van der Waals surface area contributed by atoms with E-state index < -0.39 is 62.0 Å². The normalized spacial score (nSPS) is 32.4. The molecule has 2 heterocycles. The van der Waals surface area contributed by atoms with Crippen LogP contribution in [0.15, 0.2) is 54.1 Å². The predicted octanol–water partition coefficient (Wildman–Crippen LogP) is 3.50. The number of nitro benzene ring substituents is 1. The number of rotatable bonds is 4. The Balaban J connectivity index is 1.50. The Morgan fingerprint density at radius 3 is 2.34 bits per heavy atom. The zero-order valence-corrected chi connectivity index (χ0v) is 23.3. The Morgan fingerprint density at radius 1 is 1.02 bits per heavy atom. The second-order valence-electron chi connectivity index (χ2n) is 10.7. The van der Waals surface area contributed by atoms with Crippen molar-refractivity contribution in [1.82, 2.24) is 4.90 Å². The smallest absolute Gasteiger partial charge is 0.269 e. The Kier molecular flexibility index (Phi) is 5.99. The lowest BCUT2D eigenvalue weighted by Gasteiger charge is -2.50. The number of non-ortho nitro benzene ring substituents is 1. The maximum Gasteiger partial charge on any atom is 0.269 e. The number of anilines is 1. The van der Waals surface area contributed by atoms with Gasteiger partial charge in [-0.25, -0.2) is 0 Å². The minimum Gasteiger partial charge on any atom is -0.508 e. The van der Waals surface area contributed by atoms with E-state index in [4.69, 9.17) is 27.9 Å². The molecule has 212 valence electrons. The van der Waals surface area contributed by atoms with Gasteiger partial charge < -0.3 is 9.84 Å². The minimum absolute atomic E-state index is 0.131. The van der Waals surface area contributed by atoms with Crippen LogP contribution >= 0.6 is 23.2 Å². The fraction of sp³-hybridized carbons (Fsp3) is 0.357. The maximum absolute atomic E-state index is 14.0. The number of allylic oxidation sites excluding steroid dienone is 2. The second kappa shape index (κ2) is 9.02. The molecule has 6 rings (SSSR count). The molecule has 11 nitrogen and oxygen atoms in total. The number of alkyl halides is 2. The van der Waals surface area contributed by atoms with Crippen molar-refractivity contribution >= 4 is 58.2 Å². The molecule has 1 saturated carbocycles. The molecule has 0 spiro atoms. The lowest BCUT2D eigenvalue weighted by atomic mass is 9.56. The summed E-state index contributed by atoms with van der Waals surface area (Å²) in [6.07, 6.45) is 1.68. The van der Waals surface area contributed by atoms with Gasteiger partial charge in [-0.1, -0.05) is 11.6 Å². The van der Waals surface area contributed by atoms with Crippen LogP contribution in [0.4, 0.5) is 11.4 Å². The number of hydrogen-bond acceptors (Lipinski definition) is 8. The van der Waals surface area contributed by atoms with Crippen LogP contribution in [0.1, 0.15) is 24.3 Å². The molecule has 13 heteroatoms. The fourth-order valence-electron chi connectivity index (χ4n) is 6.96. The quantitative estimate of drug-likeness (QED) is 0.184. The first kappa shape index (κ1) is 27.2. The number of phenolic OH excluding ortho intramolecular Hbond substituents is 1. The number of carbonyl (C=O) groups is 4. The van der Waals surface area contributed by atoms with E-state index in [9.17, 15) is 34.4 Å². The number of methoxy groups -OCH3 is 1. The largest absolute Gasteiger partial charge is 0.508 e. The highest BCUT2D eigenvalue weighted by Crippen LogP contribution is 2.66. The molecule has 0 aromatic heterocycles. The molecular formula is C28H23Cl2N3O8. The monoisotopic (exact) mass is 599 g/mol. The summed E-state index contributed by atoms with van der Waals surface area (Å²) < 4.78 is 5.35. The SMILES string of the molecule is COc1ccc(O)c([C@H]2C3=CC[C@@H]4C(=O)N(c5ccc([N+](=O)[O-])cc5)C(=O)[C@@H]4[C@@H]3C[C@@]3(Cl)C(=O)N(C)C(=O)[C@@]23Cl)c1. The standard InChI is InChI=1S/C28H23Cl2N3O8/c1-31-25(37)27(29)12-19-16(22(28(27,30)26(31)38)18-11-15(41-2)7-10-20(18)34)8-9-17-21(19)24(36)32(23(17)35)13-3-5-14(6-4-13)33(39)40/h3-8,10-11,17,19,21-22,34H,9,12H2,1-2H3/t17-,19+,21-,22+,27+,28-/m0/s1. The lowest BCUT2D eigenvalue weighted by Crippen LogP contribution is -2.60. The average molecular weight is 600 g/mol. The molecule has 2 aromatic carbocycles. The Labute approximate surface area is 243 Å². The second-order valence-corrected chi connectivity index (χ2v) is 11.9. The number of nitro groups is 1. The Bertz CT molecular complexity index is 1590. The zero-order valence-electron chi connectivity index (χ0n) is 21.7. The van der Waals surface area contributed by atoms with Gasteiger partial charge in [0.25, 0.3) is 17.5 Å². The molecule has 2 aromatic rings. The number of likely N-dealkylation sites (tertiary alicyclic amines) is 1. The van der Waals surface area contributed by atoms with E-state index in [1.807, 2.05) is 0 Å². The van der Waals surface area contributed by atoms with E-state index in [1.165, 1.54) is 56.6 Å². The number of halogens is 2. The van der Waals surface area contributed by atoms with Gasteiger partial charge in [0.1, 0.15) is 11.5 Å². The van der Waals surface area contributed by atoms with Crippen LogP contribution in [0.5, 0.6) is 11.5 Å². The van der Waals surface area contributed by atoms with E-state index in [0.717, 1.165) is 9.80 Å². The van der Waals surface area contributed by atoms with Crippen molar-refractivity contribution in [1.29, 1.82) is 0 Å². The lowest BCUT2D eigenvalue weighted by molar-refractivity contribution is -0.384. The molecule has 2 aliphatic carbocycles. The number of phenols is 1. The summed E-state index contributed by atoms with van der Waals surface area (Å²) in [6.45, 7) is 0. The van der Waals surface area contributed by atoms with Crippen LogP contribution in [0.25, 0.3) is 0 Å². The number of imide groups is 2. The third-order valence-corrected chi connectivity index (χ3v) is 10.3. The molecule has 1 N–H and O–H groups in total. The number of amides is 4. The fourth-order valence-corrected chi connectivity index (χ4v) is 7.97. The summed E-state index contributed by atoms with van der Waals surface area (Å²) in [5.41, 5.74) is 0.695. The topological polar surface area (TPSA) is 147 Å². The van der Waals surface area contributed by atoms with Gasteiger partial charge in [0.05, 0.1) is 29.6 Å². The van der Waals surface area contributed by atoms with Crippen LogP contribution in [0.2, 0.25) is 0 Å². The van der Waals surface area contributed by atoms with Crippen molar-refractivity contribution < 1.29 is 33.9 Å². The summed E-state index contributed by atoms with van der Waals surface area (Å²) in [7, 11) is 2.71. The molecule has 0 bridgehead atoms. The molecule has 4 aliphatic rings. The van der Waals surface area contributed by atoms with Gasteiger partial charge in [0.2, 0.25) is 11.8 Å². The summed E-state index contributed by atoms with van der Waals surface area (Å²) in [4.78, 5) is 63.0. The number of ether oxygens (including phenoxy) is 1. The molecule has 4 amide bonds. The van der Waals surface area contributed by atoms with E-state index in [2.05, 4.69) is 0 Å². The molecule has 0 radical (unpaired) electrons. The average Bonchev–Trinajstić information content (AvgIpc) is 3.28. The highest BCUT2D eigenvalue weighted by Gasteiger charge is 2.76. The number of benzene rings is 2. The molecule has 6 atom stereocenters. The zero-order chi connectivity index (χ0) is 29.6. The first-order valence-corrected chi connectivity index (χ1v) is 13.5. The number of nitrogens with zero attached hydrogens (tertiary/aromatic N) is 3. The van der Waals surface area contributed by atoms with Crippen molar-refractivity contribution in [3.8, 4) is 11.5 Å². The highest BCUT2D eigenvalue weighted by molar-refractivity contribution is 6.53. The van der Waals surface area contributed by atoms with Gasteiger partial charge in [-0.05, 0) is 49.1 Å². The molecule has 3 fully saturated rings. The molecule has 2 saturated heterocycles. The van der Waals surface area contributed by atoms with Crippen molar-refractivity contribution in [3.63, 3.8) is 0 Å². The highest BCUT2D eigenvalue weighted by atomic mass is 35.5. The summed E-state index contributed by atoms with van der Waals surface area (Å²) >= 11 is 14.2. The molecular weight excluding hydrogens is 577 g/mol. The van der Waals surface area contributed by atoms with Crippen LogP contribution < -0.4 is 9.64 Å². The van der Waals surface area contributed by atoms with Gasteiger partial charge in [-0.2, -0.15) is 0 Å². The summed E-state index contributed by atoms with van der Waals surface area (Å²) in [5.74, 6) is -6.02. The predicted molar refractivity (Wildman–Crippen MR) is 146 cm³/mol. The van der Waals surface area contributed by atoms with Crippen molar-refractivity contribution in [2.45, 2.75) is 28.5 Å². The third-order valence-electron chi connectivity index (χ3n) is 8.88. The van der Waals surface area contributed by atoms with E-state index in [-0.39, 0.29) is 35.5 Å². The van der Waals surface area contributed by atoms with Crippen LogP contribution in [0, 0.1) is 27.9 Å². The number of hydrogen-bond donors (Lipinski definition) is 1. The van der Waals surface area contributed by atoms with E-state index >= 15 is 0 Å². The van der Waals surface area contributed by atoms with Crippen molar-refractivity contribution in [3.05, 3.63) is 69.8 Å². The van der Waals surface area contributed by atoms with Crippen molar-refractivity contribution in [2.75, 3.05) is 19.1 Å². The van der Waals surface area contributed by atoms with Gasteiger partial charge in [0.15, 0.2) is 9.75 Å². The first-order valence-electron chi connectivity index (χ1n) is 12.8. The summed E-state index contributed by atoms with van der Waals surface area (Å²) in [6, 6.07) is 9.49. The number of aromatic hydroxyl groups is 1. The van der Waals surface area contributed by atoms with Gasteiger partial charge in [-0.15, -0.1) is 23.2 Å². The maximum atomic E-state index is 14.0. The molecule has 0 unspecified atom stereocenters. The Hall–Kier alpha value is -3.96. The first-order chi connectivity index (χ1) is 19.4. The molecule has 41 heavy (non-hydrogen) atoms. The molecule has 2 aliphatic heterocycles.